The highest BCUT2D eigenvalue weighted by atomic mass is 16.5. The van der Waals surface area contributed by atoms with E-state index in [1.54, 1.807) is 38.1 Å². The zero-order chi connectivity index (χ0) is 14.7. The number of carboxylic acids is 1. The summed E-state index contributed by atoms with van der Waals surface area (Å²) in [6.07, 6.45) is -0.155. The quantitative estimate of drug-likeness (QED) is 0.891. The van der Waals surface area contributed by atoms with Gasteiger partial charge in [0, 0.05) is 5.69 Å². The molecule has 0 unspecified atom stereocenters. The number of hydrogen-bond acceptors (Lipinski definition) is 4. The molecule has 0 radical (unpaired) electrons. The molecule has 2 aromatic rings. The van der Waals surface area contributed by atoms with E-state index < -0.39 is 5.97 Å². The number of carboxylic acid groups (broad SMARTS) is 1. The molecule has 0 fully saturated rings. The van der Waals surface area contributed by atoms with E-state index in [9.17, 15) is 9.59 Å². The van der Waals surface area contributed by atoms with Gasteiger partial charge in [-0.15, -0.1) is 0 Å². The maximum Gasteiger partial charge on any atom is 0.307 e. The summed E-state index contributed by atoms with van der Waals surface area (Å²) in [5.74, 6) is -0.890. The number of benzene rings is 1. The summed E-state index contributed by atoms with van der Waals surface area (Å²) in [6, 6.07) is 6.78. The highest BCUT2D eigenvalue weighted by Crippen LogP contribution is 2.19. The highest BCUT2D eigenvalue weighted by Gasteiger charge is 2.18. The van der Waals surface area contributed by atoms with Crippen molar-refractivity contribution in [2.75, 3.05) is 5.32 Å². The third-order valence-electron chi connectivity index (χ3n) is 2.87. The number of amides is 1. The Balaban J connectivity index is 2.26. The van der Waals surface area contributed by atoms with Crippen molar-refractivity contribution in [1.82, 2.24) is 5.16 Å². The van der Waals surface area contributed by atoms with Crippen LogP contribution in [0.1, 0.15) is 27.4 Å². The van der Waals surface area contributed by atoms with Crippen LogP contribution in [-0.4, -0.2) is 22.1 Å². The van der Waals surface area contributed by atoms with E-state index in [0.717, 1.165) is 0 Å². The summed E-state index contributed by atoms with van der Waals surface area (Å²) >= 11 is 0. The van der Waals surface area contributed by atoms with E-state index in [1.165, 1.54) is 0 Å². The maximum atomic E-state index is 12.2. The van der Waals surface area contributed by atoms with Gasteiger partial charge in [0.2, 0.25) is 0 Å². The Kier molecular flexibility index (Phi) is 3.84. The van der Waals surface area contributed by atoms with Crippen molar-refractivity contribution in [1.29, 1.82) is 0 Å². The molecular formula is C14H14N2O4. The summed E-state index contributed by atoms with van der Waals surface area (Å²) in [5, 5.41) is 15.3. The van der Waals surface area contributed by atoms with Gasteiger partial charge in [0.1, 0.15) is 11.3 Å². The van der Waals surface area contributed by atoms with Crippen molar-refractivity contribution < 1.29 is 19.2 Å². The van der Waals surface area contributed by atoms with Gasteiger partial charge in [0.05, 0.1) is 12.1 Å². The average molecular weight is 274 g/mol. The average Bonchev–Trinajstić information content (AvgIpc) is 2.71. The molecule has 0 aliphatic rings. The van der Waals surface area contributed by atoms with Crippen LogP contribution in [0.4, 0.5) is 5.69 Å². The second-order valence-electron chi connectivity index (χ2n) is 4.38. The Morgan fingerprint density at radius 2 is 2.00 bits per heavy atom. The molecule has 0 atom stereocenters. The molecule has 1 amide bonds. The molecule has 1 aromatic carbocycles. The Labute approximate surface area is 115 Å². The van der Waals surface area contributed by atoms with E-state index in [2.05, 4.69) is 10.5 Å². The van der Waals surface area contributed by atoms with Crippen LogP contribution in [0.2, 0.25) is 0 Å². The standard InChI is InChI=1S/C14H14N2O4/c1-8-13(9(2)20-16-8)14(19)15-11-6-4-3-5-10(11)7-12(17)18/h3-6H,7H2,1-2H3,(H,15,19)(H,17,18). The number of anilines is 1. The summed E-state index contributed by atoms with van der Waals surface area (Å²) in [4.78, 5) is 23.0. The SMILES string of the molecule is Cc1noc(C)c1C(=O)Nc1ccccc1CC(=O)O. The van der Waals surface area contributed by atoms with Gasteiger partial charge < -0.3 is 14.9 Å². The fourth-order valence-corrected chi connectivity index (χ4v) is 1.95. The molecule has 104 valence electrons. The van der Waals surface area contributed by atoms with Gasteiger partial charge >= 0.3 is 5.97 Å². The Morgan fingerprint density at radius 3 is 2.60 bits per heavy atom. The number of aliphatic carboxylic acids is 1. The number of aryl methyl sites for hydroxylation is 2. The van der Waals surface area contributed by atoms with Gasteiger partial charge in [0.15, 0.2) is 0 Å². The Bertz CT molecular complexity index is 641. The van der Waals surface area contributed by atoms with Crippen molar-refractivity contribution in [2.24, 2.45) is 0 Å². The van der Waals surface area contributed by atoms with Crippen molar-refractivity contribution in [2.45, 2.75) is 20.3 Å². The second-order valence-corrected chi connectivity index (χ2v) is 4.38. The number of nitrogens with one attached hydrogen (secondary N) is 1. The molecule has 1 heterocycles. The van der Waals surface area contributed by atoms with E-state index in [1.807, 2.05) is 0 Å². The molecule has 2 rings (SSSR count). The third-order valence-corrected chi connectivity index (χ3v) is 2.87. The molecule has 6 nitrogen and oxygen atoms in total. The molecule has 0 bridgehead atoms. The van der Waals surface area contributed by atoms with Crippen LogP contribution in [0.25, 0.3) is 0 Å². The summed E-state index contributed by atoms with van der Waals surface area (Å²) in [6.45, 7) is 3.33. The normalized spacial score (nSPS) is 10.3. The van der Waals surface area contributed by atoms with E-state index in [4.69, 9.17) is 9.63 Å². The molecule has 20 heavy (non-hydrogen) atoms. The lowest BCUT2D eigenvalue weighted by Crippen LogP contribution is -2.15. The van der Waals surface area contributed by atoms with Crippen LogP contribution < -0.4 is 5.32 Å². The molecule has 0 spiro atoms. The number of hydrogen-bond donors (Lipinski definition) is 2. The zero-order valence-electron chi connectivity index (χ0n) is 11.1. The fourth-order valence-electron chi connectivity index (χ4n) is 1.95. The van der Waals surface area contributed by atoms with Crippen LogP contribution in [0.3, 0.4) is 0 Å². The van der Waals surface area contributed by atoms with Gasteiger partial charge in [-0.25, -0.2) is 0 Å². The lowest BCUT2D eigenvalue weighted by atomic mass is 10.1. The van der Waals surface area contributed by atoms with Crippen molar-refractivity contribution in [3.63, 3.8) is 0 Å². The Hall–Kier alpha value is -2.63. The Morgan fingerprint density at radius 1 is 1.30 bits per heavy atom. The minimum atomic E-state index is -0.955. The van der Waals surface area contributed by atoms with Crippen molar-refractivity contribution in [3.05, 3.63) is 46.8 Å². The zero-order valence-corrected chi connectivity index (χ0v) is 11.1. The monoisotopic (exact) mass is 274 g/mol. The maximum absolute atomic E-state index is 12.2. The number of rotatable bonds is 4. The summed E-state index contributed by atoms with van der Waals surface area (Å²) in [5.41, 5.74) is 1.88. The molecular weight excluding hydrogens is 260 g/mol. The minimum Gasteiger partial charge on any atom is -0.481 e. The lowest BCUT2D eigenvalue weighted by Gasteiger charge is -2.09. The number of carbonyl (C=O) groups is 2. The van der Waals surface area contributed by atoms with Gasteiger partial charge in [-0.05, 0) is 25.5 Å². The first-order valence-electron chi connectivity index (χ1n) is 6.03. The predicted molar refractivity (Wildman–Crippen MR) is 71.7 cm³/mol. The molecule has 0 aliphatic carbocycles. The van der Waals surface area contributed by atoms with Crippen LogP contribution >= 0.6 is 0 Å². The van der Waals surface area contributed by atoms with E-state index >= 15 is 0 Å². The third kappa shape index (κ3) is 2.85. The first-order valence-corrected chi connectivity index (χ1v) is 6.03. The van der Waals surface area contributed by atoms with Gasteiger partial charge in [-0.3, -0.25) is 9.59 Å². The van der Waals surface area contributed by atoms with Gasteiger partial charge in [0.25, 0.3) is 5.91 Å². The topological polar surface area (TPSA) is 92.4 Å². The first-order chi connectivity index (χ1) is 9.49. The molecule has 6 heteroatoms. The number of nitrogens with zero attached hydrogens (tertiary/aromatic N) is 1. The molecule has 1 aromatic heterocycles. The lowest BCUT2D eigenvalue weighted by molar-refractivity contribution is -0.136. The molecule has 2 N–H and O–H groups in total. The van der Waals surface area contributed by atoms with E-state index in [-0.39, 0.29) is 12.3 Å². The largest absolute Gasteiger partial charge is 0.481 e. The molecule has 0 saturated carbocycles. The second kappa shape index (κ2) is 5.56. The van der Waals surface area contributed by atoms with Crippen LogP contribution in [-0.2, 0) is 11.2 Å². The molecule has 0 aliphatic heterocycles. The van der Waals surface area contributed by atoms with Crippen molar-refractivity contribution in [3.8, 4) is 0 Å². The van der Waals surface area contributed by atoms with Crippen LogP contribution in [0.15, 0.2) is 28.8 Å². The predicted octanol–water partition coefficient (Wildman–Crippen LogP) is 2.17. The summed E-state index contributed by atoms with van der Waals surface area (Å²) in [7, 11) is 0. The summed E-state index contributed by atoms with van der Waals surface area (Å²) < 4.78 is 4.94. The fraction of sp³-hybridized carbons (Fsp3) is 0.214. The number of para-hydroxylation sites is 1. The van der Waals surface area contributed by atoms with Crippen LogP contribution in [0.5, 0.6) is 0 Å². The van der Waals surface area contributed by atoms with Gasteiger partial charge in [-0.2, -0.15) is 0 Å². The first kappa shape index (κ1) is 13.8. The van der Waals surface area contributed by atoms with Crippen LogP contribution in [0, 0.1) is 13.8 Å². The smallest absolute Gasteiger partial charge is 0.307 e. The number of aromatic nitrogens is 1. The highest BCUT2D eigenvalue weighted by molar-refractivity contribution is 6.06. The number of carbonyl (C=O) groups excluding carboxylic acids is 1. The minimum absolute atomic E-state index is 0.155. The van der Waals surface area contributed by atoms with Crippen molar-refractivity contribution >= 4 is 17.6 Å². The molecule has 0 saturated heterocycles. The van der Waals surface area contributed by atoms with E-state index in [0.29, 0.717) is 28.3 Å². The van der Waals surface area contributed by atoms with Gasteiger partial charge in [-0.1, -0.05) is 23.4 Å².